The summed E-state index contributed by atoms with van der Waals surface area (Å²) in [5.74, 6) is -0.0153. The molecule has 2 atom stereocenters. The second-order valence-electron chi connectivity index (χ2n) is 10.9. The minimum atomic E-state index is -0.908. The Morgan fingerprint density at radius 2 is 1.69 bits per heavy atom. The van der Waals surface area contributed by atoms with E-state index in [9.17, 15) is 19.6 Å². The van der Waals surface area contributed by atoms with Crippen molar-refractivity contribution in [3.63, 3.8) is 0 Å². The van der Waals surface area contributed by atoms with Crippen LogP contribution in [0.3, 0.4) is 0 Å². The van der Waals surface area contributed by atoms with E-state index in [0.717, 1.165) is 28.7 Å². The molecule has 4 N–H and O–H groups in total. The second kappa shape index (κ2) is 12.1. The van der Waals surface area contributed by atoms with Gasteiger partial charge in [0.25, 0.3) is 11.8 Å². The van der Waals surface area contributed by atoms with Gasteiger partial charge in [0.2, 0.25) is 5.91 Å². The molecule has 3 amide bonds. The third kappa shape index (κ3) is 5.23. The molecule has 0 bridgehead atoms. The number of tetrazole rings is 1. The maximum atomic E-state index is 13.0. The summed E-state index contributed by atoms with van der Waals surface area (Å²) in [5.41, 5.74) is 4.00. The monoisotopic (exact) mass is 569 g/mol. The third-order valence-corrected chi connectivity index (χ3v) is 8.44. The lowest BCUT2D eigenvalue weighted by Crippen LogP contribution is -2.45. The van der Waals surface area contributed by atoms with Crippen molar-refractivity contribution in [1.29, 1.82) is 5.26 Å². The van der Waals surface area contributed by atoms with Gasteiger partial charge in [-0.05, 0) is 85.5 Å². The lowest BCUT2D eigenvalue weighted by molar-refractivity contribution is -0.130. The Kier molecular flexibility index (Phi) is 8.31. The topological polar surface area (TPSA) is 169 Å². The molecular formula is C30H35N9O3. The highest BCUT2D eigenvalue weighted by atomic mass is 16.2. The molecule has 2 aliphatic rings. The number of nitriles is 1. The zero-order valence-electron chi connectivity index (χ0n) is 24.0. The molecule has 42 heavy (non-hydrogen) atoms. The van der Waals surface area contributed by atoms with Crippen LogP contribution < -0.4 is 16.0 Å². The van der Waals surface area contributed by atoms with Crippen molar-refractivity contribution in [3.05, 3.63) is 75.6 Å². The van der Waals surface area contributed by atoms with Crippen molar-refractivity contribution in [2.45, 2.75) is 56.5 Å². The number of amides is 3. The Morgan fingerprint density at radius 3 is 2.21 bits per heavy atom. The van der Waals surface area contributed by atoms with Gasteiger partial charge in [-0.15, -0.1) is 10.2 Å². The van der Waals surface area contributed by atoms with Crippen LogP contribution in [0.5, 0.6) is 0 Å². The minimum absolute atomic E-state index is 0.0899. The second-order valence-corrected chi connectivity index (χ2v) is 10.9. The fourth-order valence-corrected chi connectivity index (χ4v) is 6.41. The number of aromatic nitrogens is 4. The van der Waals surface area contributed by atoms with Crippen LogP contribution in [0.4, 0.5) is 0 Å². The number of fused-ring (bicyclic) bond motifs is 2. The van der Waals surface area contributed by atoms with Crippen LogP contribution in [0.1, 0.15) is 75.0 Å². The summed E-state index contributed by atoms with van der Waals surface area (Å²) in [6, 6.07) is 13.0. The van der Waals surface area contributed by atoms with E-state index in [0.29, 0.717) is 49.2 Å². The van der Waals surface area contributed by atoms with Gasteiger partial charge in [0.15, 0.2) is 5.82 Å². The van der Waals surface area contributed by atoms with E-state index in [1.54, 1.807) is 31.1 Å². The summed E-state index contributed by atoms with van der Waals surface area (Å²) in [6.07, 6.45) is 3.25. The van der Waals surface area contributed by atoms with Crippen molar-refractivity contribution < 1.29 is 14.4 Å². The molecule has 12 heteroatoms. The first-order valence-corrected chi connectivity index (χ1v) is 14.2. The molecule has 1 aliphatic heterocycles. The fraction of sp³-hybridized carbons (Fsp3) is 0.433. The first kappa shape index (κ1) is 28.9. The summed E-state index contributed by atoms with van der Waals surface area (Å²) in [7, 11) is 3.20. The number of carbonyl (C=O) groups is 3. The van der Waals surface area contributed by atoms with Gasteiger partial charge in [0.05, 0.1) is 18.0 Å². The molecular weight excluding hydrogens is 534 g/mol. The highest BCUT2D eigenvalue weighted by Crippen LogP contribution is 2.47. The Morgan fingerprint density at radius 1 is 1.07 bits per heavy atom. The van der Waals surface area contributed by atoms with E-state index in [-0.39, 0.29) is 36.3 Å². The van der Waals surface area contributed by atoms with Crippen LogP contribution in [0.15, 0.2) is 36.4 Å². The van der Waals surface area contributed by atoms with Gasteiger partial charge < -0.3 is 20.9 Å². The number of likely N-dealkylation sites (tertiary alicyclic amines) is 1. The molecule has 0 saturated carbocycles. The van der Waals surface area contributed by atoms with Crippen molar-refractivity contribution in [3.8, 4) is 6.07 Å². The number of aromatic amines is 1. The van der Waals surface area contributed by atoms with E-state index >= 15 is 0 Å². The van der Waals surface area contributed by atoms with Gasteiger partial charge in [-0.2, -0.15) is 10.5 Å². The van der Waals surface area contributed by atoms with Crippen LogP contribution in [-0.4, -0.2) is 82.5 Å². The average Bonchev–Trinajstić information content (AvgIpc) is 3.71. The van der Waals surface area contributed by atoms with Gasteiger partial charge >= 0.3 is 0 Å². The van der Waals surface area contributed by atoms with E-state index in [1.807, 2.05) is 31.2 Å². The van der Waals surface area contributed by atoms with E-state index in [4.69, 9.17) is 0 Å². The number of hydrogen-bond donors (Lipinski definition) is 4. The first-order chi connectivity index (χ1) is 20.3. The van der Waals surface area contributed by atoms with Crippen LogP contribution in [0.2, 0.25) is 0 Å². The van der Waals surface area contributed by atoms with Gasteiger partial charge in [0.1, 0.15) is 6.04 Å². The zero-order chi connectivity index (χ0) is 29.9. The van der Waals surface area contributed by atoms with Crippen molar-refractivity contribution in [2.24, 2.45) is 0 Å². The van der Waals surface area contributed by atoms with Crippen molar-refractivity contribution >= 4 is 17.7 Å². The standard InChI is InChI=1S/C30H35N9O3/c1-18(34-17-26(40)39-12-4-5-23(39)16-31)15-30(29-35-37-38-36-29)24-10-8-21(27(41)32-2)13-19(24)6-7-20-14-22(28(42)33-3)9-11-25(20)30/h8-11,13-14,18,23,34H,4-7,12,15,17H2,1-3H3,(H,32,41)(H,33,42)(H,35,36,37,38)/t18-,23?/m1/s1. The van der Waals surface area contributed by atoms with Crippen molar-refractivity contribution in [1.82, 2.24) is 41.5 Å². The van der Waals surface area contributed by atoms with E-state index in [2.05, 4.69) is 42.6 Å². The lowest BCUT2D eigenvalue weighted by Gasteiger charge is -2.36. The number of carbonyl (C=O) groups excluding carboxylic acids is 3. The van der Waals surface area contributed by atoms with E-state index in [1.165, 1.54) is 0 Å². The van der Waals surface area contributed by atoms with Crippen LogP contribution in [0.25, 0.3) is 0 Å². The Labute approximate surface area is 244 Å². The highest BCUT2D eigenvalue weighted by molar-refractivity contribution is 5.95. The molecule has 0 spiro atoms. The molecule has 1 saturated heterocycles. The van der Waals surface area contributed by atoms with Gasteiger partial charge in [-0.25, -0.2) is 0 Å². The number of H-pyrrole nitrogens is 1. The average molecular weight is 570 g/mol. The minimum Gasteiger partial charge on any atom is -0.355 e. The summed E-state index contributed by atoms with van der Waals surface area (Å²) in [4.78, 5) is 39.8. The number of benzene rings is 2. The predicted octanol–water partition coefficient (Wildman–Crippen LogP) is 1.23. The van der Waals surface area contributed by atoms with Crippen LogP contribution >= 0.6 is 0 Å². The number of hydrogen-bond acceptors (Lipinski definition) is 8. The molecule has 1 aliphatic carbocycles. The first-order valence-electron chi connectivity index (χ1n) is 14.2. The quantitative estimate of drug-likeness (QED) is 0.314. The molecule has 2 aromatic carbocycles. The lowest BCUT2D eigenvalue weighted by atomic mass is 9.67. The molecule has 3 aromatic rings. The summed E-state index contributed by atoms with van der Waals surface area (Å²) >= 11 is 0. The predicted molar refractivity (Wildman–Crippen MR) is 154 cm³/mol. The normalized spacial score (nSPS) is 17.8. The number of nitrogens with zero attached hydrogens (tertiary/aromatic N) is 5. The third-order valence-electron chi connectivity index (χ3n) is 8.44. The van der Waals surface area contributed by atoms with Gasteiger partial charge in [-0.1, -0.05) is 17.3 Å². The molecule has 0 radical (unpaired) electrons. The largest absolute Gasteiger partial charge is 0.355 e. The fourth-order valence-electron chi connectivity index (χ4n) is 6.41. The number of nitrogens with one attached hydrogen (secondary N) is 4. The molecule has 1 aromatic heterocycles. The highest BCUT2D eigenvalue weighted by Gasteiger charge is 2.46. The Balaban J connectivity index is 1.59. The molecule has 1 fully saturated rings. The van der Waals surface area contributed by atoms with Gasteiger partial charge in [-0.3, -0.25) is 14.4 Å². The van der Waals surface area contributed by atoms with Gasteiger partial charge in [0, 0.05) is 37.8 Å². The van der Waals surface area contributed by atoms with Crippen molar-refractivity contribution in [2.75, 3.05) is 27.2 Å². The maximum absolute atomic E-state index is 13.0. The summed E-state index contributed by atoms with van der Waals surface area (Å²) in [6.45, 7) is 2.68. The smallest absolute Gasteiger partial charge is 0.251 e. The van der Waals surface area contributed by atoms with E-state index < -0.39 is 5.41 Å². The summed E-state index contributed by atoms with van der Waals surface area (Å²) < 4.78 is 0. The molecule has 1 unspecified atom stereocenters. The van der Waals surface area contributed by atoms with Crippen LogP contribution in [0, 0.1) is 11.3 Å². The maximum Gasteiger partial charge on any atom is 0.251 e. The summed E-state index contributed by atoms with van der Waals surface area (Å²) in [5, 5.41) is 33.7. The SMILES string of the molecule is CNC(=O)c1ccc2c(c1)CCc1cc(C(=O)NC)ccc1C2(C[C@@H](C)NCC(=O)N1CCCC1C#N)c1nn[nH]n1. The Bertz CT molecular complexity index is 1460. The Hall–Kier alpha value is -4.63. The molecule has 2 heterocycles. The zero-order valence-corrected chi connectivity index (χ0v) is 24.0. The van der Waals surface area contributed by atoms with Crippen LogP contribution in [-0.2, 0) is 23.1 Å². The number of rotatable bonds is 8. The molecule has 5 rings (SSSR count). The number of aryl methyl sites for hydroxylation is 2. The molecule has 218 valence electrons. The molecule has 12 nitrogen and oxygen atoms in total.